The molecule has 1 aromatic carbocycles. The summed E-state index contributed by atoms with van der Waals surface area (Å²) in [5.41, 5.74) is -0.762. The van der Waals surface area contributed by atoms with Gasteiger partial charge in [0, 0.05) is 9.90 Å². The third-order valence-corrected chi connectivity index (χ3v) is 3.63. The van der Waals surface area contributed by atoms with Gasteiger partial charge in [0.15, 0.2) is 0 Å². The molecule has 0 aliphatic rings. The normalized spacial score (nSPS) is 13.1. The topological polar surface area (TPSA) is 9.23 Å². The number of hydrogen-bond donors (Lipinski definition) is 0. The van der Waals surface area contributed by atoms with E-state index in [2.05, 4.69) is 0 Å². The molecule has 1 heterocycles. The van der Waals surface area contributed by atoms with Crippen LogP contribution in [0.3, 0.4) is 0 Å². The van der Waals surface area contributed by atoms with Crippen molar-refractivity contribution in [2.45, 2.75) is 13.1 Å². The van der Waals surface area contributed by atoms with Crippen LogP contribution < -0.4 is 4.74 Å². The molecule has 0 aliphatic carbocycles. The Morgan fingerprint density at radius 3 is 2.30 bits per heavy atom. The fraction of sp³-hybridized carbons (Fsp3) is 0.143. The van der Waals surface area contributed by atoms with Gasteiger partial charge in [-0.3, -0.25) is 0 Å². The summed E-state index contributed by atoms with van der Waals surface area (Å²) in [5.74, 6) is 0.118. The second kappa shape index (κ2) is 5.89. The first-order valence-electron chi connectivity index (χ1n) is 5.63. The molecule has 0 bridgehead atoms. The summed E-state index contributed by atoms with van der Waals surface area (Å²) >= 11 is 6.74. The molecule has 6 heteroatoms. The molecule has 2 rings (SSSR count). The van der Waals surface area contributed by atoms with Crippen molar-refractivity contribution >= 4 is 28.5 Å². The van der Waals surface area contributed by atoms with Crippen molar-refractivity contribution in [1.29, 1.82) is 0 Å². The molecule has 0 aliphatic heterocycles. The summed E-state index contributed by atoms with van der Waals surface area (Å²) in [6.07, 6.45) is -4.47. The van der Waals surface area contributed by atoms with Gasteiger partial charge in [0.1, 0.15) is 17.1 Å². The summed E-state index contributed by atoms with van der Waals surface area (Å²) in [7, 11) is 0. The van der Waals surface area contributed by atoms with E-state index in [0.717, 1.165) is 11.3 Å². The van der Waals surface area contributed by atoms with E-state index in [1.54, 1.807) is 23.6 Å². The largest absolute Gasteiger partial charge is 0.461 e. The highest BCUT2D eigenvalue weighted by Gasteiger charge is 2.38. The van der Waals surface area contributed by atoms with Crippen molar-refractivity contribution in [3.05, 3.63) is 57.4 Å². The van der Waals surface area contributed by atoms with Crippen molar-refractivity contribution in [2.75, 3.05) is 0 Å². The second-order valence-corrected chi connectivity index (χ2v) is 5.35. The van der Waals surface area contributed by atoms with Crippen molar-refractivity contribution in [2.24, 2.45) is 0 Å². The zero-order valence-corrected chi connectivity index (χ0v) is 11.9. The molecule has 2 aromatic rings. The molecule has 0 spiro atoms. The fourth-order valence-electron chi connectivity index (χ4n) is 1.66. The highest BCUT2D eigenvalue weighted by Crippen LogP contribution is 2.38. The number of alkyl halides is 3. The molecule has 0 saturated carbocycles. The first-order valence-corrected chi connectivity index (χ1v) is 6.89. The van der Waals surface area contributed by atoms with Gasteiger partial charge in [0.25, 0.3) is 0 Å². The maximum Gasteiger partial charge on any atom is 0.421 e. The van der Waals surface area contributed by atoms with Crippen LogP contribution in [0.2, 0.25) is 5.02 Å². The summed E-state index contributed by atoms with van der Waals surface area (Å²) in [4.78, 5) is 0.129. The quantitative estimate of drug-likeness (QED) is 0.652. The smallest absolute Gasteiger partial charge is 0.421 e. The Hall–Kier alpha value is -1.46. The van der Waals surface area contributed by atoms with Gasteiger partial charge in [-0.2, -0.15) is 13.2 Å². The van der Waals surface area contributed by atoms with E-state index in [4.69, 9.17) is 16.3 Å². The van der Waals surface area contributed by atoms with Crippen molar-refractivity contribution in [3.8, 4) is 5.75 Å². The van der Waals surface area contributed by atoms with E-state index >= 15 is 0 Å². The van der Waals surface area contributed by atoms with Crippen LogP contribution in [-0.4, -0.2) is 6.18 Å². The second-order valence-electron chi connectivity index (χ2n) is 3.96. The molecule has 1 aromatic heterocycles. The van der Waals surface area contributed by atoms with Crippen molar-refractivity contribution < 1.29 is 17.9 Å². The van der Waals surface area contributed by atoms with Crippen LogP contribution in [0.15, 0.2) is 47.5 Å². The average Bonchev–Trinajstić information content (AvgIpc) is 2.84. The molecule has 0 fully saturated rings. The lowest BCUT2D eigenvalue weighted by Crippen LogP contribution is -2.13. The average molecular weight is 319 g/mol. The maximum atomic E-state index is 13.1. The Kier molecular flexibility index (Phi) is 4.40. The van der Waals surface area contributed by atoms with Gasteiger partial charge in [-0.1, -0.05) is 17.7 Å². The van der Waals surface area contributed by atoms with Gasteiger partial charge >= 0.3 is 6.18 Å². The lowest BCUT2D eigenvalue weighted by Gasteiger charge is -2.15. The summed E-state index contributed by atoms with van der Waals surface area (Å²) in [5, 5.41) is 2.09. The molecule has 0 amide bonds. The van der Waals surface area contributed by atoms with Crippen molar-refractivity contribution in [3.63, 3.8) is 0 Å². The molecule has 0 saturated heterocycles. The summed E-state index contributed by atoms with van der Waals surface area (Å²) in [6, 6.07) is 9.15. The van der Waals surface area contributed by atoms with Gasteiger partial charge in [-0.15, -0.1) is 11.3 Å². The molecule has 106 valence electrons. The molecular formula is C14H10ClF3OS. The van der Waals surface area contributed by atoms with Crippen LogP contribution in [0.5, 0.6) is 5.75 Å². The van der Waals surface area contributed by atoms with Gasteiger partial charge < -0.3 is 4.74 Å². The maximum absolute atomic E-state index is 13.1. The number of halogens is 4. The van der Waals surface area contributed by atoms with Crippen molar-refractivity contribution in [1.82, 2.24) is 0 Å². The van der Waals surface area contributed by atoms with Gasteiger partial charge in [-0.05, 0) is 42.6 Å². The van der Waals surface area contributed by atoms with Crippen LogP contribution >= 0.6 is 22.9 Å². The zero-order valence-electron chi connectivity index (χ0n) is 10.4. The van der Waals surface area contributed by atoms with Crippen LogP contribution in [0, 0.1) is 0 Å². The Balaban J connectivity index is 2.37. The van der Waals surface area contributed by atoms with Crippen LogP contribution in [0.4, 0.5) is 13.2 Å². The molecular weight excluding hydrogens is 309 g/mol. The lowest BCUT2D eigenvalue weighted by atomic mass is 10.2. The summed E-state index contributed by atoms with van der Waals surface area (Å²) < 4.78 is 44.7. The zero-order chi connectivity index (χ0) is 14.8. The molecule has 0 atom stereocenters. The standard InChI is InChI=1S/C14H10ClF3OS/c1-9(19-11-6-4-10(15)5-7-11)13(14(16,17)18)12-3-2-8-20-12/h2-8H,1H3/b13-9+. The highest BCUT2D eigenvalue weighted by atomic mass is 35.5. The van der Waals surface area contributed by atoms with Crippen LogP contribution in [0.1, 0.15) is 11.8 Å². The van der Waals surface area contributed by atoms with E-state index in [0.29, 0.717) is 10.8 Å². The number of thiophene rings is 1. The first-order chi connectivity index (χ1) is 9.38. The van der Waals surface area contributed by atoms with Gasteiger partial charge in [0.2, 0.25) is 0 Å². The minimum atomic E-state index is -4.47. The predicted octanol–water partition coefficient (Wildman–Crippen LogP) is 5.77. The van der Waals surface area contributed by atoms with E-state index < -0.39 is 11.7 Å². The predicted molar refractivity (Wildman–Crippen MR) is 75.0 cm³/mol. The molecule has 20 heavy (non-hydrogen) atoms. The van der Waals surface area contributed by atoms with E-state index in [-0.39, 0.29) is 10.6 Å². The van der Waals surface area contributed by atoms with Gasteiger partial charge in [0.05, 0.1) is 0 Å². The Morgan fingerprint density at radius 1 is 1.15 bits per heavy atom. The Morgan fingerprint density at radius 2 is 1.80 bits per heavy atom. The number of allylic oxidation sites excluding steroid dienone is 2. The van der Waals surface area contributed by atoms with Crippen LogP contribution in [-0.2, 0) is 0 Å². The fourth-order valence-corrected chi connectivity index (χ4v) is 2.63. The third kappa shape index (κ3) is 3.55. The number of ether oxygens (including phenoxy) is 1. The number of rotatable bonds is 3. The third-order valence-electron chi connectivity index (χ3n) is 2.49. The lowest BCUT2D eigenvalue weighted by molar-refractivity contribution is -0.0702. The minimum absolute atomic E-state index is 0.129. The number of benzene rings is 1. The monoisotopic (exact) mass is 318 g/mol. The SMILES string of the molecule is C/C(Oc1ccc(Cl)cc1)=C(/c1cccs1)C(F)(F)F. The molecule has 0 unspecified atom stereocenters. The van der Waals surface area contributed by atoms with E-state index in [1.807, 2.05) is 0 Å². The van der Waals surface area contributed by atoms with E-state index in [1.165, 1.54) is 25.1 Å². The number of hydrogen-bond acceptors (Lipinski definition) is 2. The first kappa shape index (κ1) is 14.9. The van der Waals surface area contributed by atoms with Crippen LogP contribution in [0.25, 0.3) is 5.57 Å². The Bertz CT molecular complexity index is 600. The van der Waals surface area contributed by atoms with E-state index in [9.17, 15) is 13.2 Å². The summed E-state index contributed by atoms with van der Waals surface area (Å²) in [6.45, 7) is 1.30. The molecule has 0 N–H and O–H groups in total. The Labute approximate surface area is 123 Å². The van der Waals surface area contributed by atoms with Gasteiger partial charge in [-0.25, -0.2) is 0 Å². The highest BCUT2D eigenvalue weighted by molar-refractivity contribution is 7.11. The minimum Gasteiger partial charge on any atom is -0.461 e. The molecule has 0 radical (unpaired) electrons. The molecule has 1 nitrogen and oxygen atoms in total.